The van der Waals surface area contributed by atoms with E-state index in [0.29, 0.717) is 24.8 Å². The molecule has 0 aromatic carbocycles. The summed E-state index contributed by atoms with van der Waals surface area (Å²) in [7, 11) is 0. The van der Waals surface area contributed by atoms with Crippen LogP contribution in [0.15, 0.2) is 0 Å². The van der Waals surface area contributed by atoms with E-state index in [-0.39, 0.29) is 11.8 Å². The number of carboxylic acid groups (broad SMARTS) is 1. The molecule has 17 heavy (non-hydrogen) atoms. The van der Waals surface area contributed by atoms with E-state index in [1.54, 1.807) is 4.90 Å². The minimum atomic E-state index is -0.830. The van der Waals surface area contributed by atoms with Crippen molar-refractivity contribution >= 4 is 11.9 Å². The fourth-order valence-corrected chi connectivity index (χ4v) is 3.83. The van der Waals surface area contributed by atoms with E-state index in [1.807, 2.05) is 0 Å². The second kappa shape index (κ2) is 4.00. The highest BCUT2D eigenvalue weighted by Gasteiger charge is 2.58. The SMILES string of the molecule is O=C(O)[C@@H]1CCCCN1C(=O)C1[C@H]2CCC[C@H]12. The standard InChI is InChI=1S/C13H19NO3/c15-12(11-8-4-3-5-9(8)11)14-7-2-1-6-10(14)13(16)17/h8-11H,1-7H2,(H,16,17)/t8-,9-,10-/m0/s1. The van der Waals surface area contributed by atoms with Gasteiger partial charge in [0.05, 0.1) is 0 Å². The van der Waals surface area contributed by atoms with Gasteiger partial charge in [-0.05, 0) is 43.9 Å². The number of piperidine rings is 1. The van der Waals surface area contributed by atoms with Gasteiger partial charge in [-0.3, -0.25) is 4.79 Å². The van der Waals surface area contributed by atoms with Gasteiger partial charge in [-0.15, -0.1) is 0 Å². The van der Waals surface area contributed by atoms with E-state index < -0.39 is 12.0 Å². The molecule has 1 saturated heterocycles. The number of carboxylic acids is 1. The number of carbonyl (C=O) groups is 2. The molecule has 3 aliphatic rings. The Labute approximate surface area is 101 Å². The highest BCUT2D eigenvalue weighted by Crippen LogP contribution is 2.58. The zero-order valence-electron chi connectivity index (χ0n) is 9.97. The Balaban J connectivity index is 1.69. The average molecular weight is 237 g/mol. The molecule has 1 heterocycles. The fraction of sp³-hybridized carbons (Fsp3) is 0.846. The lowest BCUT2D eigenvalue weighted by Gasteiger charge is -2.33. The summed E-state index contributed by atoms with van der Waals surface area (Å²) < 4.78 is 0. The first-order chi connectivity index (χ1) is 8.20. The lowest BCUT2D eigenvalue weighted by molar-refractivity contribution is -0.153. The Morgan fingerprint density at radius 3 is 2.35 bits per heavy atom. The first-order valence-electron chi connectivity index (χ1n) is 6.73. The number of hydrogen-bond acceptors (Lipinski definition) is 2. The molecule has 0 aromatic heterocycles. The van der Waals surface area contributed by atoms with Crippen LogP contribution in [-0.2, 0) is 9.59 Å². The predicted molar refractivity (Wildman–Crippen MR) is 61.3 cm³/mol. The number of nitrogens with zero attached hydrogens (tertiary/aromatic N) is 1. The van der Waals surface area contributed by atoms with Crippen LogP contribution >= 0.6 is 0 Å². The van der Waals surface area contributed by atoms with Crippen molar-refractivity contribution in [3.8, 4) is 0 Å². The van der Waals surface area contributed by atoms with Crippen molar-refractivity contribution in [2.45, 2.75) is 44.6 Å². The van der Waals surface area contributed by atoms with E-state index in [4.69, 9.17) is 5.11 Å². The molecule has 4 nitrogen and oxygen atoms in total. The second-order valence-electron chi connectivity index (χ2n) is 5.67. The summed E-state index contributed by atoms with van der Waals surface area (Å²) in [6, 6.07) is -0.558. The molecule has 3 atom stereocenters. The van der Waals surface area contributed by atoms with E-state index >= 15 is 0 Å². The number of aliphatic carboxylic acids is 1. The topological polar surface area (TPSA) is 57.6 Å². The fourth-order valence-electron chi connectivity index (χ4n) is 3.83. The van der Waals surface area contributed by atoms with Crippen molar-refractivity contribution in [1.29, 1.82) is 0 Å². The number of hydrogen-bond donors (Lipinski definition) is 1. The highest BCUT2D eigenvalue weighted by molar-refractivity contribution is 5.87. The largest absolute Gasteiger partial charge is 0.480 e. The minimum Gasteiger partial charge on any atom is -0.480 e. The first kappa shape index (κ1) is 11.1. The molecular formula is C13H19NO3. The van der Waals surface area contributed by atoms with Crippen LogP contribution < -0.4 is 0 Å². The zero-order valence-corrected chi connectivity index (χ0v) is 9.97. The molecule has 1 N–H and O–H groups in total. The minimum absolute atomic E-state index is 0.131. The molecule has 3 fully saturated rings. The van der Waals surface area contributed by atoms with Crippen LogP contribution in [0.4, 0.5) is 0 Å². The van der Waals surface area contributed by atoms with Crippen LogP contribution in [0.25, 0.3) is 0 Å². The van der Waals surface area contributed by atoms with Crippen LogP contribution in [0.1, 0.15) is 38.5 Å². The molecule has 0 aromatic rings. The van der Waals surface area contributed by atoms with Crippen molar-refractivity contribution in [2.24, 2.45) is 17.8 Å². The summed E-state index contributed by atoms with van der Waals surface area (Å²) in [5.41, 5.74) is 0. The van der Waals surface area contributed by atoms with Gasteiger partial charge in [-0.25, -0.2) is 4.79 Å². The predicted octanol–water partition coefficient (Wildman–Crippen LogP) is 1.50. The van der Waals surface area contributed by atoms with Gasteiger partial charge in [0.25, 0.3) is 0 Å². The first-order valence-corrected chi connectivity index (χ1v) is 6.73. The number of carbonyl (C=O) groups excluding carboxylic acids is 1. The zero-order chi connectivity index (χ0) is 12.0. The van der Waals surface area contributed by atoms with Crippen LogP contribution in [0.5, 0.6) is 0 Å². The van der Waals surface area contributed by atoms with Gasteiger partial charge in [0.15, 0.2) is 0 Å². The summed E-state index contributed by atoms with van der Waals surface area (Å²) in [5.74, 6) is 0.636. The van der Waals surface area contributed by atoms with Gasteiger partial charge in [0.2, 0.25) is 5.91 Å². The van der Waals surface area contributed by atoms with Crippen LogP contribution in [0.3, 0.4) is 0 Å². The van der Waals surface area contributed by atoms with Gasteiger partial charge < -0.3 is 10.0 Å². The second-order valence-corrected chi connectivity index (χ2v) is 5.67. The Morgan fingerprint density at radius 2 is 1.71 bits per heavy atom. The highest BCUT2D eigenvalue weighted by atomic mass is 16.4. The third kappa shape index (κ3) is 1.74. The molecule has 0 radical (unpaired) electrons. The number of fused-ring (bicyclic) bond motifs is 1. The third-order valence-electron chi connectivity index (χ3n) is 4.76. The summed E-state index contributed by atoms with van der Waals surface area (Å²) >= 11 is 0. The van der Waals surface area contributed by atoms with Crippen LogP contribution in [0.2, 0.25) is 0 Å². The van der Waals surface area contributed by atoms with Crippen molar-refractivity contribution in [3.05, 3.63) is 0 Å². The average Bonchev–Trinajstić information content (AvgIpc) is 2.81. The maximum absolute atomic E-state index is 12.4. The lowest BCUT2D eigenvalue weighted by atomic mass is 10.0. The van der Waals surface area contributed by atoms with Crippen LogP contribution in [-0.4, -0.2) is 34.5 Å². The van der Waals surface area contributed by atoms with Gasteiger partial charge >= 0.3 is 5.97 Å². The molecule has 94 valence electrons. The Hall–Kier alpha value is -1.06. The lowest BCUT2D eigenvalue weighted by Crippen LogP contribution is -2.49. The molecule has 1 aliphatic heterocycles. The van der Waals surface area contributed by atoms with Gasteiger partial charge in [-0.2, -0.15) is 0 Å². The van der Waals surface area contributed by atoms with Gasteiger partial charge in [0, 0.05) is 12.5 Å². The van der Waals surface area contributed by atoms with Gasteiger partial charge in [-0.1, -0.05) is 6.42 Å². The molecule has 2 aliphatic carbocycles. The molecule has 3 rings (SSSR count). The molecule has 0 bridgehead atoms. The third-order valence-corrected chi connectivity index (χ3v) is 4.76. The number of rotatable bonds is 2. The molecule has 0 spiro atoms. The summed E-state index contributed by atoms with van der Waals surface area (Å²) in [5, 5.41) is 9.17. The molecule has 4 heteroatoms. The normalized spacial score (nSPS) is 39.9. The molecule has 2 saturated carbocycles. The summed E-state index contributed by atoms with van der Waals surface area (Å²) in [6.07, 6.45) is 6.11. The summed E-state index contributed by atoms with van der Waals surface area (Å²) in [6.45, 7) is 0.645. The maximum Gasteiger partial charge on any atom is 0.326 e. The van der Waals surface area contributed by atoms with Crippen LogP contribution in [0, 0.1) is 17.8 Å². The van der Waals surface area contributed by atoms with E-state index in [0.717, 1.165) is 12.8 Å². The Bertz CT molecular complexity index is 345. The molecule has 1 amide bonds. The quantitative estimate of drug-likeness (QED) is 0.791. The number of likely N-dealkylation sites (tertiary alicyclic amines) is 1. The van der Waals surface area contributed by atoms with Crippen molar-refractivity contribution in [1.82, 2.24) is 4.90 Å². The monoisotopic (exact) mass is 237 g/mol. The van der Waals surface area contributed by atoms with Crippen molar-refractivity contribution in [3.63, 3.8) is 0 Å². The number of amides is 1. The van der Waals surface area contributed by atoms with E-state index in [9.17, 15) is 9.59 Å². The Kier molecular flexibility index (Phi) is 2.60. The molecular weight excluding hydrogens is 218 g/mol. The van der Waals surface area contributed by atoms with Gasteiger partial charge in [0.1, 0.15) is 6.04 Å². The van der Waals surface area contributed by atoms with Crippen molar-refractivity contribution < 1.29 is 14.7 Å². The van der Waals surface area contributed by atoms with E-state index in [1.165, 1.54) is 19.3 Å². The van der Waals surface area contributed by atoms with Crippen molar-refractivity contribution in [2.75, 3.05) is 6.54 Å². The van der Waals surface area contributed by atoms with E-state index in [2.05, 4.69) is 0 Å². The Morgan fingerprint density at radius 1 is 1.00 bits per heavy atom. The smallest absolute Gasteiger partial charge is 0.326 e. The maximum atomic E-state index is 12.4. The molecule has 0 unspecified atom stereocenters. The summed E-state index contributed by atoms with van der Waals surface area (Å²) in [4.78, 5) is 25.2.